The predicted molar refractivity (Wildman–Crippen MR) is 88.7 cm³/mol. The van der Waals surface area contributed by atoms with E-state index in [-0.39, 0.29) is 22.5 Å². The molecule has 1 aromatic heterocycles. The third kappa shape index (κ3) is 2.80. The number of rotatable bonds is 4. The number of carbonyl (C=O) groups is 3. The Kier molecular flexibility index (Phi) is 4.60. The first-order valence-corrected chi connectivity index (χ1v) is 8.93. The highest BCUT2D eigenvalue weighted by atomic mass is 32.1. The third-order valence-electron chi connectivity index (χ3n) is 4.78. The van der Waals surface area contributed by atoms with Crippen molar-refractivity contribution in [2.24, 2.45) is 0 Å². The minimum atomic E-state index is -1.62. The zero-order chi connectivity index (χ0) is 17.4. The van der Waals surface area contributed by atoms with Gasteiger partial charge in [-0.2, -0.15) is 0 Å². The highest BCUT2D eigenvalue weighted by Crippen LogP contribution is 2.50. The number of anilines is 1. The van der Waals surface area contributed by atoms with Crippen molar-refractivity contribution in [2.75, 3.05) is 18.4 Å². The van der Waals surface area contributed by atoms with E-state index >= 15 is 0 Å². The Morgan fingerprint density at radius 1 is 1.33 bits per heavy atom. The van der Waals surface area contributed by atoms with Crippen molar-refractivity contribution in [2.45, 2.75) is 44.6 Å². The predicted octanol–water partition coefficient (Wildman–Crippen LogP) is 2.50. The number of carbonyl (C=O) groups excluding carboxylic acids is 1. The molecule has 1 fully saturated rings. The monoisotopic (exact) mass is 352 g/mol. The van der Waals surface area contributed by atoms with Crippen LogP contribution in [0.2, 0.25) is 0 Å². The molecule has 3 rings (SSSR count). The van der Waals surface area contributed by atoms with Crippen molar-refractivity contribution in [3.05, 3.63) is 16.0 Å². The Labute approximate surface area is 143 Å². The minimum absolute atomic E-state index is 0.0808. The van der Waals surface area contributed by atoms with Crippen molar-refractivity contribution in [3.8, 4) is 0 Å². The van der Waals surface area contributed by atoms with E-state index in [1.165, 1.54) is 11.3 Å². The van der Waals surface area contributed by atoms with Gasteiger partial charge in [-0.1, -0.05) is 13.3 Å². The lowest BCUT2D eigenvalue weighted by Gasteiger charge is -2.43. The standard InChI is InChI=1S/C16H20N2O5S/c1-2-4-9-12-10(8-5-3-6-18(9)7-8)11(15(20)21)14(24-12)17-13(19)16(22)23/h8-9H,2-7H2,1H3,(H,17,19)(H,20,21)(H,22,23). The van der Waals surface area contributed by atoms with Crippen molar-refractivity contribution in [1.29, 1.82) is 0 Å². The lowest BCUT2D eigenvalue weighted by molar-refractivity contribution is -0.147. The first kappa shape index (κ1) is 16.9. The molecule has 3 unspecified atom stereocenters. The van der Waals surface area contributed by atoms with Crippen LogP contribution in [0.1, 0.15) is 65.4 Å². The lowest BCUT2D eigenvalue weighted by atomic mass is 9.81. The molecule has 2 bridgehead atoms. The number of nitrogens with zero attached hydrogens (tertiary/aromatic N) is 1. The van der Waals surface area contributed by atoms with Crippen LogP contribution in [-0.2, 0) is 9.59 Å². The SMILES string of the molecule is CCCC1c2sc(NC(=O)C(=O)O)c(C(=O)O)c2C2CCCN1C2. The smallest absolute Gasteiger partial charge is 0.394 e. The number of aliphatic carboxylic acids is 1. The summed E-state index contributed by atoms with van der Waals surface area (Å²) in [4.78, 5) is 37.5. The zero-order valence-electron chi connectivity index (χ0n) is 13.4. The van der Waals surface area contributed by atoms with Gasteiger partial charge in [-0.05, 0) is 37.3 Å². The quantitative estimate of drug-likeness (QED) is 0.719. The van der Waals surface area contributed by atoms with Crippen LogP contribution in [0.3, 0.4) is 0 Å². The molecule has 24 heavy (non-hydrogen) atoms. The van der Waals surface area contributed by atoms with Gasteiger partial charge >= 0.3 is 17.8 Å². The molecule has 0 radical (unpaired) electrons. The average Bonchev–Trinajstić information content (AvgIpc) is 2.91. The van der Waals surface area contributed by atoms with Gasteiger partial charge in [-0.3, -0.25) is 9.69 Å². The van der Waals surface area contributed by atoms with E-state index < -0.39 is 17.8 Å². The van der Waals surface area contributed by atoms with Crippen LogP contribution < -0.4 is 5.32 Å². The van der Waals surface area contributed by atoms with Crippen molar-refractivity contribution in [3.63, 3.8) is 0 Å². The second-order valence-corrected chi connectivity index (χ2v) is 7.34. The Morgan fingerprint density at radius 3 is 2.71 bits per heavy atom. The third-order valence-corrected chi connectivity index (χ3v) is 6.00. The fraction of sp³-hybridized carbons (Fsp3) is 0.562. The molecule has 0 aliphatic carbocycles. The van der Waals surface area contributed by atoms with Gasteiger partial charge in [0.25, 0.3) is 0 Å². The molecular weight excluding hydrogens is 332 g/mol. The summed E-state index contributed by atoms with van der Waals surface area (Å²) in [5.41, 5.74) is 0.889. The molecule has 3 heterocycles. The minimum Gasteiger partial charge on any atom is -0.478 e. The maximum atomic E-state index is 11.8. The Balaban J connectivity index is 2.10. The van der Waals surface area contributed by atoms with Gasteiger partial charge in [0, 0.05) is 17.5 Å². The first-order chi connectivity index (χ1) is 11.4. The van der Waals surface area contributed by atoms with E-state index in [4.69, 9.17) is 5.11 Å². The summed E-state index contributed by atoms with van der Waals surface area (Å²) >= 11 is 1.22. The average molecular weight is 352 g/mol. The molecule has 3 N–H and O–H groups in total. The van der Waals surface area contributed by atoms with E-state index in [0.29, 0.717) is 0 Å². The van der Waals surface area contributed by atoms with Crippen LogP contribution in [0, 0.1) is 0 Å². The van der Waals surface area contributed by atoms with Crippen LogP contribution >= 0.6 is 11.3 Å². The molecule has 0 saturated carbocycles. The lowest BCUT2D eigenvalue weighted by Crippen LogP contribution is -2.41. The molecule has 7 nitrogen and oxygen atoms in total. The van der Waals surface area contributed by atoms with E-state index in [2.05, 4.69) is 17.1 Å². The summed E-state index contributed by atoms with van der Waals surface area (Å²) in [6, 6.07) is 0.153. The number of carboxylic acid groups (broad SMARTS) is 2. The second kappa shape index (κ2) is 6.52. The van der Waals surface area contributed by atoms with Crippen LogP contribution in [0.5, 0.6) is 0 Å². The Bertz CT molecular complexity index is 699. The van der Waals surface area contributed by atoms with Gasteiger partial charge in [0.15, 0.2) is 0 Å². The van der Waals surface area contributed by atoms with Crippen molar-refractivity contribution in [1.82, 2.24) is 4.90 Å². The Hall–Kier alpha value is -1.93. The van der Waals surface area contributed by atoms with Gasteiger partial charge in [-0.15, -0.1) is 11.3 Å². The van der Waals surface area contributed by atoms with Gasteiger partial charge in [0.2, 0.25) is 0 Å². The highest BCUT2D eigenvalue weighted by Gasteiger charge is 2.41. The summed E-state index contributed by atoms with van der Waals surface area (Å²) in [5, 5.41) is 20.9. The van der Waals surface area contributed by atoms with Crippen molar-refractivity contribution >= 4 is 34.2 Å². The molecule has 0 spiro atoms. The summed E-state index contributed by atoms with van der Waals surface area (Å²) in [6.07, 6.45) is 3.84. The number of nitrogens with one attached hydrogen (secondary N) is 1. The Morgan fingerprint density at radius 2 is 2.08 bits per heavy atom. The van der Waals surface area contributed by atoms with E-state index in [0.717, 1.165) is 49.2 Å². The van der Waals surface area contributed by atoms with Crippen LogP contribution in [0.15, 0.2) is 0 Å². The van der Waals surface area contributed by atoms with E-state index in [9.17, 15) is 19.5 Å². The number of hydrogen-bond donors (Lipinski definition) is 3. The summed E-state index contributed by atoms with van der Waals surface area (Å²) in [7, 11) is 0. The summed E-state index contributed by atoms with van der Waals surface area (Å²) in [5.74, 6) is -3.79. The fourth-order valence-corrected chi connectivity index (χ4v) is 5.29. The normalized spacial score (nSPS) is 25.0. The maximum Gasteiger partial charge on any atom is 0.394 e. The largest absolute Gasteiger partial charge is 0.478 e. The van der Waals surface area contributed by atoms with Crippen molar-refractivity contribution < 1.29 is 24.6 Å². The van der Waals surface area contributed by atoms with Gasteiger partial charge < -0.3 is 15.5 Å². The first-order valence-electron chi connectivity index (χ1n) is 8.12. The number of piperidine rings is 1. The van der Waals surface area contributed by atoms with Crippen LogP contribution in [0.4, 0.5) is 5.00 Å². The molecule has 1 aromatic rings. The van der Waals surface area contributed by atoms with Gasteiger partial charge in [0.05, 0.1) is 5.56 Å². The summed E-state index contributed by atoms with van der Waals surface area (Å²) in [6.45, 7) is 3.92. The number of fused-ring (bicyclic) bond motifs is 4. The van der Waals surface area contributed by atoms with Crippen LogP contribution in [0.25, 0.3) is 0 Å². The summed E-state index contributed by atoms with van der Waals surface area (Å²) < 4.78 is 0. The number of thiophene rings is 1. The van der Waals surface area contributed by atoms with Gasteiger partial charge in [-0.25, -0.2) is 9.59 Å². The fourth-order valence-electron chi connectivity index (χ4n) is 3.85. The number of hydrogen-bond acceptors (Lipinski definition) is 5. The number of amides is 1. The second-order valence-electron chi connectivity index (χ2n) is 6.29. The zero-order valence-corrected chi connectivity index (χ0v) is 14.2. The molecule has 0 aromatic carbocycles. The maximum absolute atomic E-state index is 11.8. The highest BCUT2D eigenvalue weighted by molar-refractivity contribution is 7.17. The molecular formula is C16H20N2O5S. The number of aromatic carboxylic acids is 1. The molecule has 130 valence electrons. The molecule has 1 amide bonds. The topological polar surface area (TPSA) is 107 Å². The van der Waals surface area contributed by atoms with E-state index in [1.807, 2.05) is 0 Å². The van der Waals surface area contributed by atoms with Gasteiger partial charge in [0.1, 0.15) is 5.00 Å². The molecule has 2 aliphatic heterocycles. The van der Waals surface area contributed by atoms with E-state index in [1.54, 1.807) is 0 Å². The molecule has 3 atom stereocenters. The molecule has 1 saturated heterocycles. The number of carboxylic acids is 2. The molecule has 8 heteroatoms. The van der Waals surface area contributed by atoms with Crippen LogP contribution in [-0.4, -0.2) is 46.0 Å². The molecule has 2 aliphatic rings.